The zero-order valence-corrected chi connectivity index (χ0v) is 14.0. The number of pyridine rings is 1. The Kier molecular flexibility index (Phi) is 4.95. The van der Waals surface area contributed by atoms with Gasteiger partial charge in [-0.1, -0.05) is 18.2 Å². The van der Waals surface area contributed by atoms with Gasteiger partial charge in [-0.25, -0.2) is 4.98 Å². The number of benzene rings is 2. The lowest BCUT2D eigenvalue weighted by Crippen LogP contribution is -2.12. The van der Waals surface area contributed by atoms with Crippen molar-refractivity contribution in [2.75, 3.05) is 12.4 Å². The predicted octanol–water partition coefficient (Wildman–Crippen LogP) is 4.44. The second-order valence-corrected chi connectivity index (χ2v) is 5.46. The van der Waals surface area contributed by atoms with Gasteiger partial charge in [0.2, 0.25) is 5.88 Å². The van der Waals surface area contributed by atoms with E-state index in [-0.39, 0.29) is 5.91 Å². The van der Waals surface area contributed by atoms with E-state index in [1.165, 1.54) is 0 Å². The standard InChI is InChI=1S/C20H18N2O3/c1-14-9-10-18(24-2)17(12-14)22-20(23)15-6-5-7-16(13-15)25-19-8-3-4-11-21-19/h3-13H,1-2H3,(H,22,23). The van der Waals surface area contributed by atoms with E-state index in [0.717, 1.165) is 5.56 Å². The van der Waals surface area contributed by atoms with Crippen molar-refractivity contribution < 1.29 is 14.3 Å². The molecule has 1 aromatic heterocycles. The fourth-order valence-electron chi connectivity index (χ4n) is 2.34. The number of nitrogens with zero attached hydrogens (tertiary/aromatic N) is 1. The number of rotatable bonds is 5. The maximum Gasteiger partial charge on any atom is 0.255 e. The Hall–Kier alpha value is -3.34. The van der Waals surface area contributed by atoms with Crippen molar-refractivity contribution in [2.45, 2.75) is 6.92 Å². The maximum absolute atomic E-state index is 12.6. The Morgan fingerprint density at radius 2 is 1.92 bits per heavy atom. The van der Waals surface area contributed by atoms with Crippen LogP contribution in [0.5, 0.6) is 17.4 Å². The number of ether oxygens (including phenoxy) is 2. The Bertz CT molecular complexity index is 879. The number of aromatic nitrogens is 1. The number of aryl methyl sites for hydroxylation is 1. The van der Waals surface area contributed by atoms with Crippen molar-refractivity contribution >= 4 is 11.6 Å². The molecular weight excluding hydrogens is 316 g/mol. The molecule has 0 aliphatic heterocycles. The van der Waals surface area contributed by atoms with Gasteiger partial charge in [-0.2, -0.15) is 0 Å². The molecule has 3 rings (SSSR count). The van der Waals surface area contributed by atoms with Crippen molar-refractivity contribution in [2.24, 2.45) is 0 Å². The van der Waals surface area contributed by atoms with Crippen molar-refractivity contribution in [3.8, 4) is 17.4 Å². The molecule has 0 atom stereocenters. The number of hydrogen-bond donors (Lipinski definition) is 1. The molecule has 0 saturated heterocycles. The molecular formula is C20H18N2O3. The summed E-state index contributed by atoms with van der Waals surface area (Å²) < 4.78 is 11.0. The van der Waals surface area contributed by atoms with E-state index in [2.05, 4.69) is 10.3 Å². The summed E-state index contributed by atoms with van der Waals surface area (Å²) in [5.41, 5.74) is 2.14. The largest absolute Gasteiger partial charge is 0.495 e. The molecule has 1 amide bonds. The number of carbonyl (C=O) groups excluding carboxylic acids is 1. The van der Waals surface area contributed by atoms with Crippen LogP contribution in [0.15, 0.2) is 66.9 Å². The maximum atomic E-state index is 12.6. The summed E-state index contributed by atoms with van der Waals surface area (Å²) in [6, 6.07) is 18.0. The van der Waals surface area contributed by atoms with Crippen molar-refractivity contribution in [1.82, 2.24) is 4.98 Å². The van der Waals surface area contributed by atoms with Crippen LogP contribution >= 0.6 is 0 Å². The van der Waals surface area contributed by atoms with Gasteiger partial charge >= 0.3 is 0 Å². The molecule has 0 aliphatic carbocycles. The highest BCUT2D eigenvalue weighted by atomic mass is 16.5. The number of anilines is 1. The van der Waals surface area contributed by atoms with Crippen molar-refractivity contribution in [1.29, 1.82) is 0 Å². The Labute approximate surface area is 146 Å². The van der Waals surface area contributed by atoms with E-state index in [0.29, 0.717) is 28.6 Å². The molecule has 5 nitrogen and oxygen atoms in total. The van der Waals surface area contributed by atoms with Gasteiger partial charge in [0.1, 0.15) is 11.5 Å². The summed E-state index contributed by atoms with van der Waals surface area (Å²) in [6.45, 7) is 1.95. The number of methoxy groups -OCH3 is 1. The smallest absolute Gasteiger partial charge is 0.255 e. The fourth-order valence-corrected chi connectivity index (χ4v) is 2.34. The van der Waals surface area contributed by atoms with Crippen LogP contribution in [0, 0.1) is 6.92 Å². The first kappa shape index (κ1) is 16.5. The van der Waals surface area contributed by atoms with Crippen molar-refractivity contribution in [3.05, 3.63) is 78.0 Å². The van der Waals surface area contributed by atoms with Gasteiger partial charge in [0.15, 0.2) is 0 Å². The minimum atomic E-state index is -0.240. The van der Waals surface area contributed by atoms with Crippen LogP contribution in [0.25, 0.3) is 0 Å². The van der Waals surface area contributed by atoms with E-state index in [1.54, 1.807) is 43.6 Å². The first-order chi connectivity index (χ1) is 12.2. The van der Waals surface area contributed by atoms with Gasteiger partial charge in [-0.3, -0.25) is 4.79 Å². The van der Waals surface area contributed by atoms with E-state index in [1.807, 2.05) is 37.3 Å². The van der Waals surface area contributed by atoms with Gasteiger partial charge in [0.05, 0.1) is 12.8 Å². The van der Waals surface area contributed by atoms with Crippen LogP contribution in [0.4, 0.5) is 5.69 Å². The minimum absolute atomic E-state index is 0.240. The average molecular weight is 334 g/mol. The van der Waals surface area contributed by atoms with E-state index in [4.69, 9.17) is 9.47 Å². The molecule has 2 aromatic carbocycles. The van der Waals surface area contributed by atoms with Crippen LogP contribution in [0.1, 0.15) is 15.9 Å². The topological polar surface area (TPSA) is 60.5 Å². The zero-order chi connectivity index (χ0) is 17.6. The van der Waals surface area contributed by atoms with Gasteiger partial charge in [0, 0.05) is 17.8 Å². The second-order valence-electron chi connectivity index (χ2n) is 5.46. The van der Waals surface area contributed by atoms with Gasteiger partial charge in [-0.15, -0.1) is 0 Å². The number of nitrogens with one attached hydrogen (secondary N) is 1. The summed E-state index contributed by atoms with van der Waals surface area (Å²) in [5, 5.41) is 2.87. The lowest BCUT2D eigenvalue weighted by atomic mass is 10.1. The Balaban J connectivity index is 1.79. The fraction of sp³-hybridized carbons (Fsp3) is 0.100. The zero-order valence-electron chi connectivity index (χ0n) is 14.0. The van der Waals surface area contributed by atoms with E-state index >= 15 is 0 Å². The highest BCUT2D eigenvalue weighted by molar-refractivity contribution is 6.05. The summed E-state index contributed by atoms with van der Waals surface area (Å²) in [4.78, 5) is 16.7. The SMILES string of the molecule is COc1ccc(C)cc1NC(=O)c1cccc(Oc2ccccn2)c1. The van der Waals surface area contributed by atoms with Crippen LogP contribution < -0.4 is 14.8 Å². The summed E-state index contributed by atoms with van der Waals surface area (Å²) in [5.74, 6) is 1.39. The molecule has 0 unspecified atom stereocenters. The predicted molar refractivity (Wildman–Crippen MR) is 96.4 cm³/mol. The third kappa shape index (κ3) is 4.14. The quantitative estimate of drug-likeness (QED) is 0.749. The molecule has 0 aliphatic rings. The molecule has 1 heterocycles. The highest BCUT2D eigenvalue weighted by Crippen LogP contribution is 2.26. The van der Waals surface area contributed by atoms with Gasteiger partial charge < -0.3 is 14.8 Å². The van der Waals surface area contributed by atoms with E-state index < -0.39 is 0 Å². The number of amides is 1. The second kappa shape index (κ2) is 7.49. The lowest BCUT2D eigenvalue weighted by Gasteiger charge is -2.11. The third-order valence-corrected chi connectivity index (χ3v) is 3.56. The van der Waals surface area contributed by atoms with Crippen LogP contribution in [0.2, 0.25) is 0 Å². The Morgan fingerprint density at radius 3 is 2.68 bits per heavy atom. The third-order valence-electron chi connectivity index (χ3n) is 3.56. The first-order valence-corrected chi connectivity index (χ1v) is 7.80. The number of carbonyl (C=O) groups is 1. The van der Waals surface area contributed by atoms with Crippen LogP contribution in [-0.4, -0.2) is 18.0 Å². The van der Waals surface area contributed by atoms with Gasteiger partial charge in [0.25, 0.3) is 5.91 Å². The molecule has 0 radical (unpaired) electrons. The normalized spacial score (nSPS) is 10.2. The molecule has 0 spiro atoms. The number of hydrogen-bond acceptors (Lipinski definition) is 4. The highest BCUT2D eigenvalue weighted by Gasteiger charge is 2.11. The molecule has 0 fully saturated rings. The summed E-state index contributed by atoms with van der Waals surface area (Å²) in [6.07, 6.45) is 1.65. The minimum Gasteiger partial charge on any atom is -0.495 e. The molecule has 5 heteroatoms. The molecule has 0 bridgehead atoms. The Morgan fingerprint density at radius 1 is 1.04 bits per heavy atom. The summed E-state index contributed by atoms with van der Waals surface area (Å²) >= 11 is 0. The van der Waals surface area contributed by atoms with Crippen LogP contribution in [-0.2, 0) is 0 Å². The molecule has 0 saturated carbocycles. The first-order valence-electron chi connectivity index (χ1n) is 7.80. The molecule has 1 N–H and O–H groups in total. The molecule has 3 aromatic rings. The lowest BCUT2D eigenvalue weighted by molar-refractivity contribution is 0.102. The van der Waals surface area contributed by atoms with Gasteiger partial charge in [-0.05, 0) is 48.9 Å². The molecule has 126 valence electrons. The van der Waals surface area contributed by atoms with E-state index in [9.17, 15) is 4.79 Å². The molecule has 25 heavy (non-hydrogen) atoms. The summed E-state index contributed by atoms with van der Waals surface area (Å²) in [7, 11) is 1.57. The average Bonchev–Trinajstić information content (AvgIpc) is 2.63. The van der Waals surface area contributed by atoms with Crippen molar-refractivity contribution in [3.63, 3.8) is 0 Å². The van der Waals surface area contributed by atoms with Crippen LogP contribution in [0.3, 0.4) is 0 Å². The monoisotopic (exact) mass is 334 g/mol.